The summed E-state index contributed by atoms with van der Waals surface area (Å²) in [6.07, 6.45) is 3.93. The molecule has 19 heavy (non-hydrogen) atoms. The average Bonchev–Trinajstić information content (AvgIpc) is 3.23. The van der Waals surface area contributed by atoms with Gasteiger partial charge in [-0.05, 0) is 44.2 Å². The SMILES string of the molecule is COCCN(c1ccc([C@@H](C)O)cn1)C(C)C1CC1. The van der Waals surface area contributed by atoms with Gasteiger partial charge in [-0.3, -0.25) is 0 Å². The Hall–Kier alpha value is -1.13. The van der Waals surface area contributed by atoms with Crippen LogP contribution in [0.5, 0.6) is 0 Å². The fourth-order valence-corrected chi connectivity index (χ4v) is 2.36. The summed E-state index contributed by atoms with van der Waals surface area (Å²) in [5, 5.41) is 9.53. The topological polar surface area (TPSA) is 45.6 Å². The molecule has 4 nitrogen and oxygen atoms in total. The summed E-state index contributed by atoms with van der Waals surface area (Å²) in [5.41, 5.74) is 0.856. The Bertz CT molecular complexity index is 388. The van der Waals surface area contributed by atoms with Crippen molar-refractivity contribution in [3.8, 4) is 0 Å². The van der Waals surface area contributed by atoms with Gasteiger partial charge in [0, 0.05) is 25.9 Å². The van der Waals surface area contributed by atoms with E-state index in [-0.39, 0.29) is 0 Å². The van der Waals surface area contributed by atoms with Gasteiger partial charge in [0.2, 0.25) is 0 Å². The number of aliphatic hydroxyl groups excluding tert-OH is 1. The van der Waals surface area contributed by atoms with Crippen molar-refractivity contribution in [1.29, 1.82) is 0 Å². The molecule has 0 aromatic carbocycles. The molecule has 0 amide bonds. The Morgan fingerprint density at radius 1 is 1.42 bits per heavy atom. The first-order valence-electron chi connectivity index (χ1n) is 7.03. The molecule has 1 unspecified atom stereocenters. The fraction of sp³-hybridized carbons (Fsp3) is 0.667. The molecule has 0 aliphatic heterocycles. The van der Waals surface area contributed by atoms with Crippen molar-refractivity contribution in [3.05, 3.63) is 23.9 Å². The van der Waals surface area contributed by atoms with Crippen molar-refractivity contribution in [2.24, 2.45) is 5.92 Å². The average molecular weight is 264 g/mol. The second-order valence-corrected chi connectivity index (χ2v) is 5.39. The normalized spacial score (nSPS) is 18.1. The number of methoxy groups -OCH3 is 1. The van der Waals surface area contributed by atoms with Crippen LogP contribution in [0.3, 0.4) is 0 Å². The maximum absolute atomic E-state index is 9.53. The van der Waals surface area contributed by atoms with Gasteiger partial charge in [0.25, 0.3) is 0 Å². The van der Waals surface area contributed by atoms with Crippen molar-refractivity contribution in [2.75, 3.05) is 25.2 Å². The van der Waals surface area contributed by atoms with Crippen molar-refractivity contribution in [2.45, 2.75) is 38.8 Å². The van der Waals surface area contributed by atoms with Crippen LogP contribution in [0.15, 0.2) is 18.3 Å². The van der Waals surface area contributed by atoms with Crippen LogP contribution in [0.1, 0.15) is 38.4 Å². The van der Waals surface area contributed by atoms with E-state index in [1.165, 1.54) is 12.8 Å². The Kier molecular flexibility index (Phi) is 4.77. The van der Waals surface area contributed by atoms with Gasteiger partial charge >= 0.3 is 0 Å². The number of pyridine rings is 1. The zero-order valence-corrected chi connectivity index (χ0v) is 12.0. The third-order valence-corrected chi connectivity index (χ3v) is 3.88. The summed E-state index contributed by atoms with van der Waals surface area (Å²) in [7, 11) is 1.73. The van der Waals surface area contributed by atoms with Gasteiger partial charge in [0.15, 0.2) is 0 Å². The number of anilines is 1. The van der Waals surface area contributed by atoms with Crippen molar-refractivity contribution < 1.29 is 9.84 Å². The first-order valence-corrected chi connectivity index (χ1v) is 7.03. The highest BCUT2D eigenvalue weighted by Crippen LogP contribution is 2.36. The number of aliphatic hydroxyl groups is 1. The van der Waals surface area contributed by atoms with E-state index in [9.17, 15) is 5.11 Å². The number of hydrogen-bond donors (Lipinski definition) is 1. The van der Waals surface area contributed by atoms with Crippen molar-refractivity contribution >= 4 is 5.82 Å². The number of rotatable bonds is 7. The lowest BCUT2D eigenvalue weighted by Gasteiger charge is -2.30. The van der Waals surface area contributed by atoms with Crippen LogP contribution in [0.4, 0.5) is 5.82 Å². The minimum atomic E-state index is -0.463. The van der Waals surface area contributed by atoms with Crippen LogP contribution >= 0.6 is 0 Å². The van der Waals surface area contributed by atoms with Crippen LogP contribution in [0.25, 0.3) is 0 Å². The van der Waals surface area contributed by atoms with Gasteiger partial charge < -0.3 is 14.7 Å². The number of ether oxygens (including phenoxy) is 1. The first kappa shape index (κ1) is 14.3. The number of hydrogen-bond acceptors (Lipinski definition) is 4. The van der Waals surface area contributed by atoms with Gasteiger partial charge in [0.05, 0.1) is 12.7 Å². The Morgan fingerprint density at radius 3 is 2.63 bits per heavy atom. The predicted molar refractivity (Wildman–Crippen MR) is 76.3 cm³/mol. The molecule has 4 heteroatoms. The summed E-state index contributed by atoms with van der Waals surface area (Å²) in [6, 6.07) is 4.45. The van der Waals surface area contributed by atoms with Gasteiger partial charge in [-0.2, -0.15) is 0 Å². The molecule has 1 heterocycles. The molecular formula is C15H24N2O2. The van der Waals surface area contributed by atoms with E-state index in [0.717, 1.165) is 23.8 Å². The van der Waals surface area contributed by atoms with Gasteiger partial charge in [-0.25, -0.2) is 4.98 Å². The van der Waals surface area contributed by atoms with Crippen LogP contribution < -0.4 is 4.90 Å². The van der Waals surface area contributed by atoms with E-state index >= 15 is 0 Å². The van der Waals surface area contributed by atoms with Crippen molar-refractivity contribution in [1.82, 2.24) is 4.98 Å². The molecule has 0 saturated heterocycles. The highest BCUT2D eigenvalue weighted by molar-refractivity contribution is 5.41. The molecule has 2 rings (SSSR count). The zero-order valence-electron chi connectivity index (χ0n) is 12.0. The van der Waals surface area contributed by atoms with E-state index < -0.39 is 6.10 Å². The molecule has 0 radical (unpaired) electrons. The van der Waals surface area contributed by atoms with Gasteiger partial charge in [-0.1, -0.05) is 6.07 Å². The summed E-state index contributed by atoms with van der Waals surface area (Å²) in [4.78, 5) is 6.81. The summed E-state index contributed by atoms with van der Waals surface area (Å²) < 4.78 is 5.20. The largest absolute Gasteiger partial charge is 0.389 e. The summed E-state index contributed by atoms with van der Waals surface area (Å²) in [5.74, 6) is 1.76. The van der Waals surface area contributed by atoms with E-state index in [4.69, 9.17) is 4.74 Å². The van der Waals surface area contributed by atoms with Crippen LogP contribution in [-0.2, 0) is 4.74 Å². The molecule has 1 fully saturated rings. The van der Waals surface area contributed by atoms with E-state index in [1.54, 1.807) is 20.2 Å². The number of nitrogens with zero attached hydrogens (tertiary/aromatic N) is 2. The monoisotopic (exact) mass is 264 g/mol. The second-order valence-electron chi connectivity index (χ2n) is 5.39. The maximum Gasteiger partial charge on any atom is 0.128 e. The molecule has 1 aromatic heterocycles. The van der Waals surface area contributed by atoms with Crippen molar-refractivity contribution in [3.63, 3.8) is 0 Å². The minimum Gasteiger partial charge on any atom is -0.389 e. The Balaban J connectivity index is 2.11. The highest BCUT2D eigenvalue weighted by Gasteiger charge is 2.32. The summed E-state index contributed by atoms with van der Waals surface area (Å²) in [6.45, 7) is 5.58. The van der Waals surface area contributed by atoms with Crippen LogP contribution in [0.2, 0.25) is 0 Å². The van der Waals surface area contributed by atoms with E-state index in [0.29, 0.717) is 12.6 Å². The Morgan fingerprint density at radius 2 is 2.16 bits per heavy atom. The minimum absolute atomic E-state index is 0.463. The molecule has 1 aliphatic rings. The molecule has 0 spiro atoms. The molecule has 0 bridgehead atoms. The second kappa shape index (κ2) is 6.35. The highest BCUT2D eigenvalue weighted by atomic mass is 16.5. The number of aromatic nitrogens is 1. The fourth-order valence-electron chi connectivity index (χ4n) is 2.36. The lowest BCUT2D eigenvalue weighted by Crippen LogP contribution is -2.37. The molecule has 1 aromatic rings. The lowest BCUT2D eigenvalue weighted by molar-refractivity contribution is 0.198. The molecule has 1 N–H and O–H groups in total. The zero-order chi connectivity index (χ0) is 13.8. The molecule has 1 saturated carbocycles. The first-order chi connectivity index (χ1) is 9.13. The third-order valence-electron chi connectivity index (χ3n) is 3.88. The predicted octanol–water partition coefficient (Wildman–Crippen LogP) is 2.39. The van der Waals surface area contributed by atoms with E-state index in [1.807, 2.05) is 12.1 Å². The van der Waals surface area contributed by atoms with Crippen LogP contribution in [0, 0.1) is 5.92 Å². The van der Waals surface area contributed by atoms with E-state index in [2.05, 4.69) is 16.8 Å². The standard InChI is InChI=1S/C15H24N2O2/c1-11(13-4-5-13)17(8-9-19-3)15-7-6-14(10-16-15)12(2)18/h6-7,10-13,18H,4-5,8-9H2,1-3H3/t11?,12-/m1/s1. The van der Waals surface area contributed by atoms with Gasteiger partial charge in [-0.15, -0.1) is 0 Å². The molecule has 106 valence electrons. The summed E-state index contributed by atoms with van der Waals surface area (Å²) >= 11 is 0. The molecule has 1 aliphatic carbocycles. The molecular weight excluding hydrogens is 240 g/mol. The van der Waals surface area contributed by atoms with Gasteiger partial charge in [0.1, 0.15) is 5.82 Å². The quantitative estimate of drug-likeness (QED) is 0.821. The molecule has 2 atom stereocenters. The maximum atomic E-state index is 9.53. The third kappa shape index (κ3) is 3.67. The lowest BCUT2D eigenvalue weighted by atomic mass is 10.1. The Labute approximate surface area is 115 Å². The smallest absolute Gasteiger partial charge is 0.128 e. The van der Waals surface area contributed by atoms with Crippen LogP contribution in [-0.4, -0.2) is 36.4 Å².